The summed E-state index contributed by atoms with van der Waals surface area (Å²) in [5, 5.41) is 12.3. The van der Waals surface area contributed by atoms with Gasteiger partial charge in [0, 0.05) is 23.4 Å². The van der Waals surface area contributed by atoms with Crippen LogP contribution in [0, 0.1) is 0 Å². The standard InChI is InChI=1S/C38H42N2O7S/c1-3-4-5-6-7-23-46-32-21-15-29(16-22-32)38(45)47-33-19-11-27(12-20-33)25-40(26-35(41)42)37(44)28-13-17-31(18-14-28)39-36(43)30-9-8-10-34(24-30)48-2/h9,11-22,24H,3-8,10,23,25-26H2,1-2H3,(H,39,43)(H,41,42). The van der Waals surface area contributed by atoms with E-state index in [9.17, 15) is 24.3 Å². The second-order valence-electron chi connectivity index (χ2n) is 11.4. The number of ether oxygens (including phenoxy) is 2. The number of nitrogens with one attached hydrogen (secondary N) is 1. The van der Waals surface area contributed by atoms with E-state index in [-0.39, 0.29) is 18.0 Å². The molecule has 0 atom stereocenters. The predicted octanol–water partition coefficient (Wildman–Crippen LogP) is 7.89. The number of nitrogens with zero attached hydrogens (tertiary/aromatic N) is 1. The van der Waals surface area contributed by atoms with E-state index in [2.05, 4.69) is 12.2 Å². The van der Waals surface area contributed by atoms with Gasteiger partial charge in [0.1, 0.15) is 18.0 Å². The summed E-state index contributed by atoms with van der Waals surface area (Å²) >= 11 is 1.62. The zero-order chi connectivity index (χ0) is 34.3. The number of rotatable bonds is 17. The number of aliphatic carboxylic acids is 1. The van der Waals surface area contributed by atoms with Crippen molar-refractivity contribution < 1.29 is 33.8 Å². The molecular formula is C38H42N2O7S. The number of hydrogen-bond acceptors (Lipinski definition) is 7. The molecule has 0 unspecified atom stereocenters. The van der Waals surface area contributed by atoms with Crippen LogP contribution >= 0.6 is 11.8 Å². The van der Waals surface area contributed by atoms with Gasteiger partial charge in [-0.1, -0.05) is 50.8 Å². The molecule has 0 saturated carbocycles. The maximum Gasteiger partial charge on any atom is 0.343 e. The first-order valence-corrected chi connectivity index (χ1v) is 17.4. The van der Waals surface area contributed by atoms with E-state index in [1.54, 1.807) is 84.6 Å². The Morgan fingerprint density at radius 1 is 0.854 bits per heavy atom. The van der Waals surface area contributed by atoms with Gasteiger partial charge < -0.3 is 24.8 Å². The van der Waals surface area contributed by atoms with Crippen molar-refractivity contribution >= 4 is 41.2 Å². The molecule has 1 aliphatic rings. The van der Waals surface area contributed by atoms with Crippen LogP contribution in [0.2, 0.25) is 0 Å². The number of carboxylic acids is 1. The van der Waals surface area contributed by atoms with Gasteiger partial charge >= 0.3 is 11.9 Å². The summed E-state index contributed by atoms with van der Waals surface area (Å²) in [5.41, 5.74) is 2.44. The van der Waals surface area contributed by atoms with E-state index in [4.69, 9.17) is 9.47 Å². The van der Waals surface area contributed by atoms with Crippen molar-refractivity contribution in [2.75, 3.05) is 24.7 Å². The molecule has 48 heavy (non-hydrogen) atoms. The van der Waals surface area contributed by atoms with Gasteiger partial charge in [0.2, 0.25) is 0 Å². The third-order valence-electron chi connectivity index (χ3n) is 7.71. The van der Waals surface area contributed by atoms with Crippen LogP contribution < -0.4 is 14.8 Å². The van der Waals surface area contributed by atoms with Crippen molar-refractivity contribution in [3.8, 4) is 11.5 Å². The van der Waals surface area contributed by atoms with Crippen molar-refractivity contribution in [3.63, 3.8) is 0 Å². The van der Waals surface area contributed by atoms with E-state index in [1.807, 2.05) is 18.4 Å². The molecule has 0 aliphatic heterocycles. The molecule has 2 N–H and O–H groups in total. The van der Waals surface area contributed by atoms with Gasteiger partial charge in [0.25, 0.3) is 11.8 Å². The molecule has 0 radical (unpaired) electrons. The summed E-state index contributed by atoms with van der Waals surface area (Å²) in [6.07, 6.45) is 13.3. The average Bonchev–Trinajstić information content (AvgIpc) is 3.10. The molecule has 0 heterocycles. The Morgan fingerprint density at radius 2 is 1.52 bits per heavy atom. The van der Waals surface area contributed by atoms with Crippen LogP contribution in [-0.2, 0) is 16.1 Å². The summed E-state index contributed by atoms with van der Waals surface area (Å²) in [7, 11) is 0. The molecule has 0 saturated heterocycles. The lowest BCUT2D eigenvalue weighted by atomic mass is 10.1. The molecule has 0 aromatic heterocycles. The van der Waals surface area contributed by atoms with Crippen LogP contribution in [0.1, 0.15) is 78.1 Å². The largest absolute Gasteiger partial charge is 0.494 e. The number of thioether (sulfide) groups is 1. The molecule has 252 valence electrons. The van der Waals surface area contributed by atoms with Gasteiger partial charge in [-0.2, -0.15) is 0 Å². The minimum atomic E-state index is -1.15. The molecule has 2 amide bonds. The number of allylic oxidation sites excluding steroid dienone is 2. The first kappa shape index (κ1) is 36.0. The van der Waals surface area contributed by atoms with E-state index < -0.39 is 24.4 Å². The van der Waals surface area contributed by atoms with Crippen molar-refractivity contribution in [2.45, 2.75) is 58.4 Å². The lowest BCUT2D eigenvalue weighted by Crippen LogP contribution is -2.35. The lowest BCUT2D eigenvalue weighted by molar-refractivity contribution is -0.137. The number of hydrogen-bond donors (Lipinski definition) is 2. The molecule has 0 bridgehead atoms. The summed E-state index contributed by atoms with van der Waals surface area (Å²) in [6.45, 7) is 2.33. The topological polar surface area (TPSA) is 122 Å². The van der Waals surface area contributed by atoms with E-state index in [0.29, 0.717) is 40.5 Å². The van der Waals surface area contributed by atoms with Gasteiger partial charge in [0.15, 0.2) is 0 Å². The molecule has 3 aromatic carbocycles. The van der Waals surface area contributed by atoms with Crippen LogP contribution in [-0.4, -0.2) is 53.2 Å². The van der Waals surface area contributed by atoms with Crippen LogP contribution in [0.3, 0.4) is 0 Å². The molecule has 9 nitrogen and oxygen atoms in total. The van der Waals surface area contributed by atoms with Crippen LogP contribution in [0.25, 0.3) is 0 Å². The summed E-state index contributed by atoms with van der Waals surface area (Å²) < 4.78 is 11.3. The number of unbranched alkanes of at least 4 members (excludes halogenated alkanes) is 4. The quantitative estimate of drug-likeness (QED) is 0.0845. The Balaban J connectivity index is 1.31. The van der Waals surface area contributed by atoms with E-state index in [1.165, 1.54) is 24.2 Å². The Kier molecular flexibility index (Phi) is 13.9. The highest BCUT2D eigenvalue weighted by molar-refractivity contribution is 8.02. The minimum absolute atomic E-state index is 0.0240. The van der Waals surface area contributed by atoms with E-state index in [0.717, 1.165) is 30.6 Å². The molecule has 0 fully saturated rings. The van der Waals surface area contributed by atoms with Crippen LogP contribution in [0.5, 0.6) is 11.5 Å². The second kappa shape index (κ2) is 18.5. The zero-order valence-corrected chi connectivity index (χ0v) is 28.2. The highest BCUT2D eigenvalue weighted by atomic mass is 32.2. The summed E-state index contributed by atoms with van der Waals surface area (Å²) in [6, 6.07) is 19.7. The van der Waals surface area contributed by atoms with Crippen LogP contribution in [0.4, 0.5) is 5.69 Å². The first-order valence-electron chi connectivity index (χ1n) is 16.2. The number of amides is 2. The number of carbonyl (C=O) groups excluding carboxylic acids is 3. The van der Waals surface area contributed by atoms with Gasteiger partial charge in [-0.05, 0) is 103 Å². The van der Waals surface area contributed by atoms with Crippen molar-refractivity contribution in [1.29, 1.82) is 0 Å². The van der Waals surface area contributed by atoms with Crippen molar-refractivity contribution in [2.24, 2.45) is 0 Å². The zero-order valence-electron chi connectivity index (χ0n) is 27.4. The molecule has 4 rings (SSSR count). The summed E-state index contributed by atoms with van der Waals surface area (Å²) in [4.78, 5) is 52.7. The number of carboxylic acid groups (broad SMARTS) is 1. The molecule has 0 spiro atoms. The first-order chi connectivity index (χ1) is 23.2. The Labute approximate surface area is 286 Å². The number of anilines is 1. The van der Waals surface area contributed by atoms with Crippen molar-refractivity contribution in [3.05, 3.63) is 112 Å². The molecule has 1 aliphatic carbocycles. The Bertz CT molecular complexity index is 1610. The smallest absolute Gasteiger partial charge is 0.343 e. The molecular weight excluding hydrogens is 628 g/mol. The Hall–Kier alpha value is -4.83. The van der Waals surface area contributed by atoms with Gasteiger partial charge in [-0.15, -0.1) is 11.8 Å². The fourth-order valence-corrected chi connectivity index (χ4v) is 5.64. The number of esters is 1. The van der Waals surface area contributed by atoms with Crippen LogP contribution in [0.15, 0.2) is 95.4 Å². The monoisotopic (exact) mass is 670 g/mol. The maximum absolute atomic E-state index is 13.3. The van der Waals surface area contributed by atoms with Crippen molar-refractivity contribution in [1.82, 2.24) is 4.90 Å². The molecule has 10 heteroatoms. The normalized spacial score (nSPS) is 12.4. The highest BCUT2D eigenvalue weighted by Gasteiger charge is 2.20. The average molecular weight is 671 g/mol. The number of benzene rings is 3. The SMILES string of the molecule is CCCCCCCOc1ccc(C(=O)Oc2ccc(CN(CC(=O)O)C(=O)c3ccc(NC(=O)C4=CCCC(SC)=C4)cc3)cc2)cc1. The van der Waals surface area contributed by atoms with Gasteiger partial charge in [-0.25, -0.2) is 4.79 Å². The molecule has 3 aromatic rings. The van der Waals surface area contributed by atoms with Gasteiger partial charge in [-0.3, -0.25) is 14.4 Å². The lowest BCUT2D eigenvalue weighted by Gasteiger charge is -2.21. The fourth-order valence-electron chi connectivity index (χ4n) is 5.07. The number of carbonyl (C=O) groups is 4. The summed E-state index contributed by atoms with van der Waals surface area (Å²) in [5.74, 6) is -1.36. The highest BCUT2D eigenvalue weighted by Crippen LogP contribution is 2.26. The fraction of sp³-hybridized carbons (Fsp3) is 0.316. The predicted molar refractivity (Wildman–Crippen MR) is 188 cm³/mol. The van der Waals surface area contributed by atoms with Gasteiger partial charge in [0.05, 0.1) is 12.2 Å². The minimum Gasteiger partial charge on any atom is -0.494 e. The third kappa shape index (κ3) is 11.2. The Morgan fingerprint density at radius 3 is 2.19 bits per heavy atom. The second-order valence-corrected chi connectivity index (χ2v) is 12.4. The third-order valence-corrected chi connectivity index (χ3v) is 8.56. The van der Waals surface area contributed by atoms with E-state index >= 15 is 0 Å². The maximum atomic E-state index is 13.3.